The van der Waals surface area contributed by atoms with Gasteiger partial charge in [-0.25, -0.2) is 4.39 Å². The Labute approximate surface area is 191 Å². The molecule has 0 spiro atoms. The summed E-state index contributed by atoms with van der Waals surface area (Å²) in [6.45, 7) is 5.59. The van der Waals surface area contributed by atoms with E-state index in [4.69, 9.17) is 4.74 Å². The van der Waals surface area contributed by atoms with Gasteiger partial charge in [-0.1, -0.05) is 18.2 Å². The number of halogens is 1. The lowest BCUT2D eigenvalue weighted by Crippen LogP contribution is -2.29. The summed E-state index contributed by atoms with van der Waals surface area (Å²) in [6, 6.07) is 15.3. The largest absolute Gasteiger partial charge is 0.507 e. The monoisotopic (exact) mass is 445 g/mol. The van der Waals surface area contributed by atoms with Gasteiger partial charge in [0.25, 0.3) is 11.7 Å². The van der Waals surface area contributed by atoms with Gasteiger partial charge in [0.2, 0.25) is 0 Å². The van der Waals surface area contributed by atoms with Gasteiger partial charge < -0.3 is 9.84 Å². The molecule has 1 amide bonds. The predicted molar refractivity (Wildman–Crippen MR) is 125 cm³/mol. The van der Waals surface area contributed by atoms with E-state index in [0.717, 1.165) is 11.1 Å². The average Bonchev–Trinajstić information content (AvgIpc) is 3.03. The number of ketones is 1. The maximum atomic E-state index is 13.7. The van der Waals surface area contributed by atoms with E-state index >= 15 is 0 Å². The lowest BCUT2D eigenvalue weighted by atomic mass is 9.93. The molecule has 0 bridgehead atoms. The number of amides is 1. The van der Waals surface area contributed by atoms with E-state index < -0.39 is 23.5 Å². The Morgan fingerprint density at radius 1 is 0.939 bits per heavy atom. The number of ether oxygens (including phenoxy) is 1. The number of aliphatic hydroxyl groups excluding tert-OH is 1. The highest BCUT2D eigenvalue weighted by Gasteiger charge is 2.47. The van der Waals surface area contributed by atoms with Crippen molar-refractivity contribution in [2.24, 2.45) is 0 Å². The van der Waals surface area contributed by atoms with Crippen molar-refractivity contribution in [1.82, 2.24) is 0 Å². The number of aryl methyl sites for hydroxylation is 3. The standard InChI is InChI=1S/C27H24FNO4/c1-15-11-16(2)13-20(12-15)29-24(18-5-7-19(28)8-6-18)23(26(31)27(29)32)25(30)22-10-9-21(33-4)14-17(22)3/h5-14,24,30H,1-4H3/b25-23-. The van der Waals surface area contributed by atoms with Crippen molar-refractivity contribution in [3.63, 3.8) is 0 Å². The van der Waals surface area contributed by atoms with Crippen molar-refractivity contribution < 1.29 is 23.8 Å². The summed E-state index contributed by atoms with van der Waals surface area (Å²) in [7, 11) is 1.54. The minimum atomic E-state index is -0.909. The van der Waals surface area contributed by atoms with Crippen LogP contribution in [0.4, 0.5) is 10.1 Å². The summed E-state index contributed by atoms with van der Waals surface area (Å²) in [5.41, 5.74) is 3.96. The van der Waals surface area contributed by atoms with Gasteiger partial charge in [-0.2, -0.15) is 0 Å². The summed E-state index contributed by atoms with van der Waals surface area (Å²) in [5, 5.41) is 11.3. The Hall–Kier alpha value is -3.93. The molecule has 1 fully saturated rings. The van der Waals surface area contributed by atoms with E-state index in [-0.39, 0.29) is 11.3 Å². The summed E-state index contributed by atoms with van der Waals surface area (Å²) >= 11 is 0. The number of nitrogens with zero attached hydrogens (tertiary/aromatic N) is 1. The predicted octanol–water partition coefficient (Wildman–Crippen LogP) is 5.39. The number of carbonyl (C=O) groups is 2. The second kappa shape index (κ2) is 8.54. The molecule has 3 aromatic carbocycles. The van der Waals surface area contributed by atoms with E-state index in [0.29, 0.717) is 28.1 Å². The van der Waals surface area contributed by atoms with E-state index in [2.05, 4.69) is 0 Å². The quantitative estimate of drug-likeness (QED) is 0.332. The summed E-state index contributed by atoms with van der Waals surface area (Å²) in [5.74, 6) is -1.66. The Bertz CT molecular complexity index is 1270. The normalized spacial score (nSPS) is 17.5. The fourth-order valence-corrected chi connectivity index (χ4v) is 4.32. The van der Waals surface area contributed by atoms with Gasteiger partial charge >= 0.3 is 0 Å². The third-order valence-electron chi connectivity index (χ3n) is 5.80. The maximum absolute atomic E-state index is 13.7. The molecule has 1 heterocycles. The zero-order valence-corrected chi connectivity index (χ0v) is 18.8. The number of rotatable bonds is 4. The van der Waals surface area contributed by atoms with E-state index in [9.17, 15) is 19.1 Å². The van der Waals surface area contributed by atoms with Crippen LogP contribution in [0.3, 0.4) is 0 Å². The fraction of sp³-hybridized carbons (Fsp3) is 0.185. The van der Waals surface area contributed by atoms with Gasteiger partial charge in [0.05, 0.1) is 18.7 Å². The van der Waals surface area contributed by atoms with Crippen LogP contribution in [-0.4, -0.2) is 23.9 Å². The number of hydrogen-bond acceptors (Lipinski definition) is 4. The first-order valence-electron chi connectivity index (χ1n) is 10.5. The van der Waals surface area contributed by atoms with E-state index in [1.54, 1.807) is 25.1 Å². The highest BCUT2D eigenvalue weighted by Crippen LogP contribution is 2.43. The van der Waals surface area contributed by atoms with Crippen molar-refractivity contribution in [3.8, 4) is 5.75 Å². The highest BCUT2D eigenvalue weighted by molar-refractivity contribution is 6.51. The number of anilines is 1. The van der Waals surface area contributed by atoms with Crippen molar-refractivity contribution >= 4 is 23.1 Å². The van der Waals surface area contributed by atoms with Crippen molar-refractivity contribution in [2.75, 3.05) is 12.0 Å². The zero-order valence-electron chi connectivity index (χ0n) is 18.8. The molecule has 4 rings (SSSR count). The molecule has 1 N–H and O–H groups in total. The molecule has 1 aliphatic heterocycles. The topological polar surface area (TPSA) is 66.8 Å². The van der Waals surface area contributed by atoms with Crippen LogP contribution in [0.5, 0.6) is 5.75 Å². The number of hydrogen-bond donors (Lipinski definition) is 1. The van der Waals surface area contributed by atoms with Gasteiger partial charge in [-0.05, 0) is 85.5 Å². The molecule has 1 atom stereocenters. The third-order valence-corrected chi connectivity index (χ3v) is 5.80. The van der Waals surface area contributed by atoms with Crippen LogP contribution in [0.1, 0.15) is 33.9 Å². The molecule has 5 nitrogen and oxygen atoms in total. The smallest absolute Gasteiger partial charge is 0.300 e. The number of aliphatic hydroxyl groups is 1. The van der Waals surface area contributed by atoms with Crippen LogP contribution in [0.25, 0.3) is 5.76 Å². The third kappa shape index (κ3) is 4.00. The van der Waals surface area contributed by atoms with Crippen LogP contribution < -0.4 is 9.64 Å². The van der Waals surface area contributed by atoms with Crippen molar-refractivity contribution in [2.45, 2.75) is 26.8 Å². The molecule has 0 radical (unpaired) electrons. The SMILES string of the molecule is COc1ccc(/C(O)=C2/C(=O)C(=O)N(c3cc(C)cc(C)c3)C2c2ccc(F)cc2)c(C)c1. The molecule has 168 valence electrons. The average molecular weight is 445 g/mol. The molecule has 33 heavy (non-hydrogen) atoms. The molecule has 0 aromatic heterocycles. The summed E-state index contributed by atoms with van der Waals surface area (Å²) < 4.78 is 18.9. The first kappa shape index (κ1) is 22.3. The fourth-order valence-electron chi connectivity index (χ4n) is 4.32. The van der Waals surface area contributed by atoms with Gasteiger partial charge in [0.15, 0.2) is 0 Å². The van der Waals surface area contributed by atoms with Crippen LogP contribution in [-0.2, 0) is 9.59 Å². The molecule has 6 heteroatoms. The van der Waals surface area contributed by atoms with Crippen LogP contribution >= 0.6 is 0 Å². The lowest BCUT2D eigenvalue weighted by Gasteiger charge is -2.26. The van der Waals surface area contributed by atoms with Crippen molar-refractivity contribution in [3.05, 3.63) is 99.9 Å². The van der Waals surface area contributed by atoms with Gasteiger partial charge in [0, 0.05) is 11.3 Å². The lowest BCUT2D eigenvalue weighted by molar-refractivity contribution is -0.132. The van der Waals surface area contributed by atoms with Crippen LogP contribution in [0, 0.1) is 26.6 Å². The molecule has 0 saturated carbocycles. The van der Waals surface area contributed by atoms with Crippen molar-refractivity contribution in [1.29, 1.82) is 0 Å². The Morgan fingerprint density at radius 3 is 2.15 bits per heavy atom. The Kier molecular flexibility index (Phi) is 5.77. The number of methoxy groups -OCH3 is 1. The van der Waals surface area contributed by atoms with Gasteiger partial charge in [-0.15, -0.1) is 0 Å². The maximum Gasteiger partial charge on any atom is 0.300 e. The second-order valence-electron chi connectivity index (χ2n) is 8.25. The first-order valence-corrected chi connectivity index (χ1v) is 10.5. The number of Topliss-reactive ketones (excluding diaryl/α,β-unsaturated/α-hetero) is 1. The molecule has 3 aromatic rings. The first-order chi connectivity index (χ1) is 15.7. The summed E-state index contributed by atoms with van der Waals surface area (Å²) in [6.07, 6.45) is 0. The Balaban J connectivity index is 1.97. The van der Waals surface area contributed by atoms with Gasteiger partial charge in [0.1, 0.15) is 17.3 Å². The zero-order chi connectivity index (χ0) is 23.9. The molecular formula is C27H24FNO4. The van der Waals surface area contributed by atoms with E-state index in [1.807, 2.05) is 32.0 Å². The minimum Gasteiger partial charge on any atom is -0.507 e. The molecular weight excluding hydrogens is 421 g/mol. The highest BCUT2D eigenvalue weighted by atomic mass is 19.1. The molecule has 1 saturated heterocycles. The Morgan fingerprint density at radius 2 is 1.58 bits per heavy atom. The molecule has 1 aliphatic rings. The number of carbonyl (C=O) groups excluding carboxylic acids is 2. The van der Waals surface area contributed by atoms with E-state index in [1.165, 1.54) is 36.3 Å². The summed E-state index contributed by atoms with van der Waals surface area (Å²) in [4.78, 5) is 27.9. The van der Waals surface area contributed by atoms with Gasteiger partial charge in [-0.3, -0.25) is 14.5 Å². The van der Waals surface area contributed by atoms with Crippen LogP contribution in [0.15, 0.2) is 66.2 Å². The second-order valence-corrected chi connectivity index (χ2v) is 8.25. The number of benzene rings is 3. The molecule has 1 unspecified atom stereocenters. The minimum absolute atomic E-state index is 0.0426. The van der Waals surface area contributed by atoms with Crippen LogP contribution in [0.2, 0.25) is 0 Å². The molecule has 0 aliphatic carbocycles.